The average Bonchev–Trinajstić information content (AvgIpc) is 2.41. The highest BCUT2D eigenvalue weighted by atomic mass is 79.9. The van der Waals surface area contributed by atoms with E-state index in [9.17, 15) is 4.79 Å². The Balaban J connectivity index is 2.17. The van der Waals surface area contributed by atoms with Crippen molar-refractivity contribution >= 4 is 21.8 Å². The standard InChI is InChI=1S/C15H21BrN2O/c1-10-13(6-3-7-14(10)16)15(19)18-8-4-5-12(9-18)11(2)17/h3,6-7,11-12H,4-5,8-9,17H2,1-2H3/t11-,12+/m1/s1. The maximum Gasteiger partial charge on any atom is 0.254 e. The Hall–Kier alpha value is -0.870. The van der Waals surface area contributed by atoms with E-state index in [1.165, 1.54) is 0 Å². The summed E-state index contributed by atoms with van der Waals surface area (Å²) >= 11 is 3.48. The average molecular weight is 325 g/mol. The lowest BCUT2D eigenvalue weighted by Crippen LogP contribution is -2.45. The van der Waals surface area contributed by atoms with Gasteiger partial charge in [0.05, 0.1) is 0 Å². The van der Waals surface area contributed by atoms with Gasteiger partial charge in [-0.05, 0) is 50.3 Å². The van der Waals surface area contributed by atoms with E-state index in [4.69, 9.17) is 5.73 Å². The zero-order chi connectivity index (χ0) is 14.0. The molecule has 19 heavy (non-hydrogen) atoms. The molecule has 1 amide bonds. The number of likely N-dealkylation sites (tertiary alicyclic amines) is 1. The predicted molar refractivity (Wildman–Crippen MR) is 81.2 cm³/mol. The van der Waals surface area contributed by atoms with Gasteiger partial charge in [-0.3, -0.25) is 4.79 Å². The molecule has 0 saturated carbocycles. The molecule has 1 saturated heterocycles. The van der Waals surface area contributed by atoms with Crippen LogP contribution in [0.3, 0.4) is 0 Å². The fraction of sp³-hybridized carbons (Fsp3) is 0.533. The molecule has 1 aromatic rings. The van der Waals surface area contributed by atoms with Gasteiger partial charge >= 0.3 is 0 Å². The van der Waals surface area contributed by atoms with Crippen molar-refractivity contribution < 1.29 is 4.79 Å². The van der Waals surface area contributed by atoms with Gasteiger partial charge < -0.3 is 10.6 Å². The minimum atomic E-state index is 0.129. The molecule has 1 aromatic carbocycles. The number of carbonyl (C=O) groups is 1. The first-order valence-corrected chi connectivity index (χ1v) is 7.60. The van der Waals surface area contributed by atoms with Crippen LogP contribution in [0.2, 0.25) is 0 Å². The number of hydrogen-bond donors (Lipinski definition) is 1. The van der Waals surface area contributed by atoms with Gasteiger partial charge in [-0.1, -0.05) is 22.0 Å². The Morgan fingerprint density at radius 3 is 2.95 bits per heavy atom. The third kappa shape index (κ3) is 3.18. The maximum atomic E-state index is 12.6. The van der Waals surface area contributed by atoms with Crippen molar-refractivity contribution in [2.24, 2.45) is 11.7 Å². The van der Waals surface area contributed by atoms with Crippen molar-refractivity contribution in [3.8, 4) is 0 Å². The predicted octanol–water partition coefficient (Wildman–Crippen LogP) is 2.96. The maximum absolute atomic E-state index is 12.6. The summed E-state index contributed by atoms with van der Waals surface area (Å²) in [7, 11) is 0. The zero-order valence-electron chi connectivity index (χ0n) is 11.5. The molecular formula is C15H21BrN2O. The van der Waals surface area contributed by atoms with E-state index in [0.29, 0.717) is 5.92 Å². The first-order chi connectivity index (χ1) is 9.00. The summed E-state index contributed by atoms with van der Waals surface area (Å²) in [6.45, 7) is 5.63. The Kier molecular flexibility index (Phi) is 4.63. The topological polar surface area (TPSA) is 46.3 Å². The summed E-state index contributed by atoms with van der Waals surface area (Å²) < 4.78 is 0.985. The van der Waals surface area contributed by atoms with Crippen LogP contribution in [0, 0.1) is 12.8 Å². The van der Waals surface area contributed by atoms with Gasteiger partial charge in [0.2, 0.25) is 0 Å². The zero-order valence-corrected chi connectivity index (χ0v) is 13.1. The van der Waals surface area contributed by atoms with E-state index in [1.807, 2.05) is 36.9 Å². The van der Waals surface area contributed by atoms with Gasteiger partial charge in [-0.25, -0.2) is 0 Å². The van der Waals surface area contributed by atoms with Gasteiger partial charge in [-0.15, -0.1) is 0 Å². The van der Waals surface area contributed by atoms with Gasteiger partial charge in [-0.2, -0.15) is 0 Å². The lowest BCUT2D eigenvalue weighted by Gasteiger charge is -2.35. The molecule has 2 rings (SSSR count). The van der Waals surface area contributed by atoms with Crippen molar-refractivity contribution in [2.75, 3.05) is 13.1 Å². The van der Waals surface area contributed by atoms with Crippen LogP contribution in [-0.2, 0) is 0 Å². The fourth-order valence-electron chi connectivity index (χ4n) is 2.63. The second kappa shape index (κ2) is 6.06. The molecule has 104 valence electrons. The summed E-state index contributed by atoms with van der Waals surface area (Å²) in [5, 5.41) is 0. The molecular weight excluding hydrogens is 304 g/mol. The molecule has 1 fully saturated rings. The molecule has 0 unspecified atom stereocenters. The highest BCUT2D eigenvalue weighted by molar-refractivity contribution is 9.10. The molecule has 1 aliphatic heterocycles. The summed E-state index contributed by atoms with van der Waals surface area (Å²) in [5.41, 5.74) is 7.78. The first kappa shape index (κ1) is 14.5. The third-order valence-corrected chi connectivity index (χ3v) is 4.85. The molecule has 0 spiro atoms. The van der Waals surface area contributed by atoms with Crippen LogP contribution in [0.15, 0.2) is 22.7 Å². The molecule has 0 aliphatic carbocycles. The molecule has 0 aromatic heterocycles. The van der Waals surface area contributed by atoms with Crippen molar-refractivity contribution in [1.82, 2.24) is 4.90 Å². The number of piperidine rings is 1. The van der Waals surface area contributed by atoms with E-state index in [2.05, 4.69) is 15.9 Å². The van der Waals surface area contributed by atoms with Crippen LogP contribution < -0.4 is 5.73 Å². The Bertz CT molecular complexity index is 473. The Morgan fingerprint density at radius 2 is 2.26 bits per heavy atom. The second-order valence-electron chi connectivity index (χ2n) is 5.42. The summed E-state index contributed by atoms with van der Waals surface area (Å²) in [5.74, 6) is 0.550. The minimum Gasteiger partial charge on any atom is -0.338 e. The molecule has 0 bridgehead atoms. The molecule has 2 N–H and O–H groups in total. The Morgan fingerprint density at radius 1 is 1.53 bits per heavy atom. The normalized spacial score (nSPS) is 21.3. The number of nitrogens with zero attached hydrogens (tertiary/aromatic N) is 1. The van der Waals surface area contributed by atoms with Crippen LogP contribution in [0.5, 0.6) is 0 Å². The van der Waals surface area contributed by atoms with Crippen LogP contribution >= 0.6 is 15.9 Å². The van der Waals surface area contributed by atoms with Gasteiger partial charge in [0.15, 0.2) is 0 Å². The minimum absolute atomic E-state index is 0.129. The van der Waals surface area contributed by atoms with E-state index in [-0.39, 0.29) is 11.9 Å². The lowest BCUT2D eigenvalue weighted by molar-refractivity contribution is 0.0660. The van der Waals surface area contributed by atoms with Gasteiger partial charge in [0.1, 0.15) is 0 Å². The molecule has 2 atom stereocenters. The molecule has 4 heteroatoms. The first-order valence-electron chi connectivity index (χ1n) is 6.80. The summed E-state index contributed by atoms with van der Waals surface area (Å²) in [4.78, 5) is 14.6. The van der Waals surface area contributed by atoms with Crippen LogP contribution in [0.25, 0.3) is 0 Å². The quantitative estimate of drug-likeness (QED) is 0.909. The Labute approximate surface area is 123 Å². The molecule has 1 aliphatic rings. The second-order valence-corrected chi connectivity index (χ2v) is 6.28. The monoisotopic (exact) mass is 324 g/mol. The van der Waals surface area contributed by atoms with Crippen molar-refractivity contribution in [1.29, 1.82) is 0 Å². The number of nitrogens with two attached hydrogens (primary N) is 1. The van der Waals surface area contributed by atoms with Crippen LogP contribution in [-0.4, -0.2) is 29.9 Å². The van der Waals surface area contributed by atoms with Crippen molar-refractivity contribution in [2.45, 2.75) is 32.7 Å². The largest absolute Gasteiger partial charge is 0.338 e. The van der Waals surface area contributed by atoms with Crippen molar-refractivity contribution in [3.63, 3.8) is 0 Å². The molecule has 3 nitrogen and oxygen atoms in total. The summed E-state index contributed by atoms with van der Waals surface area (Å²) in [6, 6.07) is 5.93. The van der Waals surface area contributed by atoms with Gasteiger partial charge in [0.25, 0.3) is 5.91 Å². The summed E-state index contributed by atoms with van der Waals surface area (Å²) in [6.07, 6.45) is 2.17. The highest BCUT2D eigenvalue weighted by Gasteiger charge is 2.27. The number of benzene rings is 1. The number of rotatable bonds is 2. The number of carbonyl (C=O) groups excluding carboxylic acids is 1. The number of amides is 1. The number of hydrogen-bond acceptors (Lipinski definition) is 2. The van der Waals surface area contributed by atoms with E-state index in [0.717, 1.165) is 41.5 Å². The molecule has 1 heterocycles. The lowest BCUT2D eigenvalue weighted by atomic mass is 9.91. The van der Waals surface area contributed by atoms with E-state index in [1.54, 1.807) is 0 Å². The van der Waals surface area contributed by atoms with E-state index >= 15 is 0 Å². The molecule has 0 radical (unpaired) electrons. The third-order valence-electron chi connectivity index (χ3n) is 3.99. The van der Waals surface area contributed by atoms with Crippen LogP contribution in [0.4, 0.5) is 0 Å². The van der Waals surface area contributed by atoms with Gasteiger partial charge in [0, 0.05) is 29.2 Å². The smallest absolute Gasteiger partial charge is 0.254 e. The highest BCUT2D eigenvalue weighted by Crippen LogP contribution is 2.24. The van der Waals surface area contributed by atoms with E-state index < -0.39 is 0 Å². The fourth-order valence-corrected chi connectivity index (χ4v) is 3.00. The van der Waals surface area contributed by atoms with Crippen molar-refractivity contribution in [3.05, 3.63) is 33.8 Å². The SMILES string of the molecule is Cc1c(Br)cccc1C(=O)N1CCC[C@H]([C@@H](C)N)C1. The number of halogens is 1. The van der Waals surface area contributed by atoms with Crippen LogP contribution in [0.1, 0.15) is 35.7 Å².